The lowest BCUT2D eigenvalue weighted by molar-refractivity contribution is 0.0927. The zero-order valence-electron chi connectivity index (χ0n) is 20.2. The number of aliphatic imine (C=N–C) groups is 1. The number of hydrogen-bond donors (Lipinski definition) is 1. The number of rotatable bonds is 4. The number of anilines is 2. The Morgan fingerprint density at radius 2 is 1.80 bits per heavy atom. The highest BCUT2D eigenvalue weighted by molar-refractivity contribution is 7.99. The van der Waals surface area contributed by atoms with E-state index in [1.165, 1.54) is 57.3 Å². The molecule has 3 aromatic rings. The minimum Gasteiger partial charge on any atom is -0.349 e. The van der Waals surface area contributed by atoms with Crippen molar-refractivity contribution < 1.29 is 4.79 Å². The molecule has 0 radical (unpaired) electrons. The van der Waals surface area contributed by atoms with Gasteiger partial charge in [0, 0.05) is 34.0 Å². The number of hydrogen-bond acceptors (Lipinski definition) is 5. The summed E-state index contributed by atoms with van der Waals surface area (Å²) in [4.78, 5) is 24.5. The Morgan fingerprint density at radius 1 is 1.00 bits per heavy atom. The number of para-hydroxylation sites is 1. The van der Waals surface area contributed by atoms with E-state index in [4.69, 9.17) is 4.99 Å². The van der Waals surface area contributed by atoms with Crippen molar-refractivity contribution in [3.63, 3.8) is 0 Å². The van der Waals surface area contributed by atoms with Gasteiger partial charge in [-0.15, -0.1) is 11.3 Å². The SMILES string of the molecule is CN1c2ccccc2Sc2cc(C=Nc3sc4c(c3C(=O)NC3CCCCC3)CCCC4)ccc21. The molecule has 2 heterocycles. The Morgan fingerprint density at radius 3 is 2.69 bits per heavy atom. The maximum atomic E-state index is 13.4. The van der Waals surface area contributed by atoms with Crippen molar-refractivity contribution in [1.82, 2.24) is 5.32 Å². The number of nitrogens with zero attached hydrogens (tertiary/aromatic N) is 2. The van der Waals surface area contributed by atoms with Gasteiger partial charge < -0.3 is 10.2 Å². The Bertz CT molecular complexity index is 1290. The second kappa shape index (κ2) is 9.82. The summed E-state index contributed by atoms with van der Waals surface area (Å²) in [7, 11) is 2.12. The van der Waals surface area contributed by atoms with E-state index < -0.39 is 0 Å². The summed E-state index contributed by atoms with van der Waals surface area (Å²) in [5.74, 6) is 0.0858. The number of aryl methyl sites for hydroxylation is 1. The van der Waals surface area contributed by atoms with Gasteiger partial charge in [-0.1, -0.05) is 49.2 Å². The Labute approximate surface area is 215 Å². The van der Waals surface area contributed by atoms with E-state index in [1.54, 1.807) is 23.1 Å². The molecule has 0 bridgehead atoms. The molecule has 1 fully saturated rings. The van der Waals surface area contributed by atoms with E-state index in [0.29, 0.717) is 6.04 Å². The third-order valence-corrected chi connectivity index (χ3v) is 9.75. The summed E-state index contributed by atoms with van der Waals surface area (Å²) in [6.07, 6.45) is 12.3. The molecule has 2 aromatic carbocycles. The van der Waals surface area contributed by atoms with Gasteiger partial charge in [0.05, 0.1) is 16.9 Å². The normalized spacial score (nSPS) is 17.7. The molecule has 0 spiro atoms. The maximum Gasteiger partial charge on any atom is 0.254 e. The number of amides is 1. The second-order valence-corrected chi connectivity index (χ2v) is 12.0. The number of benzene rings is 2. The number of fused-ring (bicyclic) bond motifs is 3. The van der Waals surface area contributed by atoms with Crippen molar-refractivity contribution in [1.29, 1.82) is 0 Å². The summed E-state index contributed by atoms with van der Waals surface area (Å²) in [5.41, 5.74) is 5.61. The lowest BCUT2D eigenvalue weighted by Crippen LogP contribution is -2.36. The molecule has 1 aromatic heterocycles. The molecule has 1 aliphatic heterocycles. The molecule has 1 saturated carbocycles. The molecular weight excluding hydrogens is 470 g/mol. The van der Waals surface area contributed by atoms with E-state index >= 15 is 0 Å². The summed E-state index contributed by atoms with van der Waals surface area (Å²) >= 11 is 3.53. The van der Waals surface area contributed by atoms with Gasteiger partial charge in [0.15, 0.2) is 0 Å². The molecule has 3 aliphatic rings. The monoisotopic (exact) mass is 501 g/mol. The molecular formula is C29H31N3OS2. The number of carbonyl (C=O) groups is 1. The molecule has 6 rings (SSSR count). The number of carbonyl (C=O) groups excluding carboxylic acids is 1. The topological polar surface area (TPSA) is 44.7 Å². The molecule has 0 unspecified atom stereocenters. The van der Waals surface area contributed by atoms with Crippen molar-refractivity contribution in [3.8, 4) is 0 Å². The minimum absolute atomic E-state index is 0.0858. The highest BCUT2D eigenvalue weighted by Crippen LogP contribution is 2.47. The Balaban J connectivity index is 1.28. The fourth-order valence-electron chi connectivity index (χ4n) is 5.55. The van der Waals surface area contributed by atoms with Gasteiger partial charge in [-0.2, -0.15) is 0 Å². The quantitative estimate of drug-likeness (QED) is 0.373. The van der Waals surface area contributed by atoms with Crippen LogP contribution in [0.15, 0.2) is 57.2 Å². The van der Waals surface area contributed by atoms with Gasteiger partial charge in [0.2, 0.25) is 0 Å². The van der Waals surface area contributed by atoms with Gasteiger partial charge in [-0.05, 0) is 73.9 Å². The van der Waals surface area contributed by atoms with Crippen molar-refractivity contribution in [2.24, 2.45) is 4.99 Å². The second-order valence-electron chi connectivity index (χ2n) is 9.81. The van der Waals surface area contributed by atoms with Gasteiger partial charge in [-0.25, -0.2) is 4.99 Å². The predicted molar refractivity (Wildman–Crippen MR) is 148 cm³/mol. The van der Waals surface area contributed by atoms with Gasteiger partial charge in [-0.3, -0.25) is 4.79 Å². The molecule has 1 amide bonds. The van der Waals surface area contributed by atoms with Crippen LogP contribution in [0.1, 0.15) is 71.3 Å². The lowest BCUT2D eigenvalue weighted by atomic mass is 9.93. The van der Waals surface area contributed by atoms with Crippen LogP contribution in [0, 0.1) is 0 Å². The van der Waals surface area contributed by atoms with Crippen LogP contribution < -0.4 is 10.2 Å². The highest BCUT2D eigenvalue weighted by atomic mass is 32.2. The zero-order valence-corrected chi connectivity index (χ0v) is 21.8. The van der Waals surface area contributed by atoms with Crippen LogP contribution in [-0.4, -0.2) is 25.2 Å². The fourth-order valence-corrected chi connectivity index (χ4v) is 7.98. The van der Waals surface area contributed by atoms with Gasteiger partial charge >= 0.3 is 0 Å². The summed E-state index contributed by atoms with van der Waals surface area (Å²) in [5, 5.41) is 4.22. The van der Waals surface area contributed by atoms with E-state index in [2.05, 4.69) is 59.7 Å². The average molecular weight is 502 g/mol. The first-order chi connectivity index (χ1) is 17.2. The van der Waals surface area contributed by atoms with Crippen LogP contribution in [0.25, 0.3) is 0 Å². The van der Waals surface area contributed by atoms with Crippen LogP contribution in [0.5, 0.6) is 0 Å². The summed E-state index contributed by atoms with van der Waals surface area (Å²) in [6, 6.07) is 15.3. The van der Waals surface area contributed by atoms with Gasteiger partial charge in [0.25, 0.3) is 5.91 Å². The van der Waals surface area contributed by atoms with Crippen LogP contribution in [0.3, 0.4) is 0 Å². The smallest absolute Gasteiger partial charge is 0.254 e. The third kappa shape index (κ3) is 4.54. The standard InChI is InChI=1S/C29H31N3OS2/c1-32-22-12-6-8-14-25(22)34-26-17-19(15-16-23(26)32)18-30-29-27(21-11-5-7-13-24(21)35-29)28(33)31-20-9-3-2-4-10-20/h6,8,12,14-18,20H,2-5,7,9-11,13H2,1H3,(H,31,33). The molecule has 0 atom stereocenters. The summed E-state index contributed by atoms with van der Waals surface area (Å²) in [6.45, 7) is 0. The molecule has 35 heavy (non-hydrogen) atoms. The van der Waals surface area contributed by atoms with E-state index in [9.17, 15) is 4.79 Å². The summed E-state index contributed by atoms with van der Waals surface area (Å²) < 4.78 is 0. The van der Waals surface area contributed by atoms with Crippen LogP contribution >= 0.6 is 23.1 Å². The first-order valence-corrected chi connectivity index (χ1v) is 14.4. The number of thiophene rings is 1. The first-order valence-electron chi connectivity index (χ1n) is 12.8. The first kappa shape index (κ1) is 22.9. The molecule has 4 nitrogen and oxygen atoms in total. The average Bonchev–Trinajstić information content (AvgIpc) is 3.27. The zero-order chi connectivity index (χ0) is 23.8. The van der Waals surface area contributed by atoms with Crippen molar-refractivity contribution in [2.45, 2.75) is 73.6 Å². The minimum atomic E-state index is 0.0858. The lowest BCUT2D eigenvalue weighted by Gasteiger charge is -2.29. The maximum absolute atomic E-state index is 13.4. The van der Waals surface area contributed by atoms with Crippen LogP contribution in [0.4, 0.5) is 16.4 Å². The van der Waals surface area contributed by atoms with Crippen molar-refractivity contribution in [3.05, 3.63) is 64.0 Å². The molecule has 2 aliphatic carbocycles. The fraction of sp³-hybridized carbons (Fsp3) is 0.379. The predicted octanol–water partition coefficient (Wildman–Crippen LogP) is 7.67. The van der Waals surface area contributed by atoms with Crippen molar-refractivity contribution >= 4 is 51.6 Å². The molecule has 0 saturated heterocycles. The molecule has 6 heteroatoms. The van der Waals surface area contributed by atoms with Crippen LogP contribution in [0.2, 0.25) is 0 Å². The van der Waals surface area contributed by atoms with E-state index in [0.717, 1.165) is 48.2 Å². The van der Waals surface area contributed by atoms with Crippen LogP contribution in [-0.2, 0) is 12.8 Å². The highest BCUT2D eigenvalue weighted by Gasteiger charge is 2.27. The van der Waals surface area contributed by atoms with Gasteiger partial charge in [0.1, 0.15) is 5.00 Å². The van der Waals surface area contributed by atoms with E-state index in [1.807, 2.05) is 6.21 Å². The Hall–Kier alpha value is -2.57. The Kier molecular flexibility index (Phi) is 6.42. The van der Waals surface area contributed by atoms with E-state index in [-0.39, 0.29) is 5.91 Å². The molecule has 180 valence electrons. The molecule has 1 N–H and O–H groups in total. The van der Waals surface area contributed by atoms with Crippen molar-refractivity contribution in [2.75, 3.05) is 11.9 Å². The largest absolute Gasteiger partial charge is 0.349 e. The third-order valence-electron chi connectivity index (χ3n) is 7.44. The number of nitrogens with one attached hydrogen (secondary N) is 1.